The first-order valence-electron chi connectivity index (χ1n) is 7.43. The molecular weight excluding hydrogens is 304 g/mol. The molecule has 120 valence electrons. The summed E-state index contributed by atoms with van der Waals surface area (Å²) in [5.41, 5.74) is 2.18. The van der Waals surface area contributed by atoms with E-state index in [2.05, 4.69) is 6.58 Å². The Bertz CT molecular complexity index is 631. The molecule has 0 radical (unpaired) electrons. The molecule has 0 saturated carbocycles. The van der Waals surface area contributed by atoms with Crippen LogP contribution in [0.5, 0.6) is 0 Å². The van der Waals surface area contributed by atoms with Gasteiger partial charge in [0.1, 0.15) is 0 Å². The van der Waals surface area contributed by atoms with E-state index in [0.29, 0.717) is 6.61 Å². The van der Waals surface area contributed by atoms with Gasteiger partial charge in [-0.1, -0.05) is 79.4 Å². The van der Waals surface area contributed by atoms with Crippen LogP contribution in [0, 0.1) is 0 Å². The molecule has 0 aliphatic carbocycles. The van der Waals surface area contributed by atoms with Crippen LogP contribution in [0.2, 0.25) is 0 Å². The van der Waals surface area contributed by atoms with Gasteiger partial charge >= 0.3 is 8.80 Å². The maximum absolute atomic E-state index is 5.99. The van der Waals surface area contributed by atoms with Crippen LogP contribution >= 0.6 is 0 Å². The molecule has 0 atom stereocenters. The molecule has 3 nitrogen and oxygen atoms in total. The highest BCUT2D eigenvalue weighted by atomic mass is 28.4. The molecule has 2 aromatic carbocycles. The zero-order valence-corrected chi connectivity index (χ0v) is 14.6. The van der Waals surface area contributed by atoms with E-state index in [1.807, 2.05) is 66.7 Å². The summed E-state index contributed by atoms with van der Waals surface area (Å²) in [6, 6.07) is 18.0. The van der Waals surface area contributed by atoms with Gasteiger partial charge in [-0.15, -0.1) is 0 Å². The lowest BCUT2D eigenvalue weighted by Gasteiger charge is -2.26. The van der Waals surface area contributed by atoms with E-state index in [-0.39, 0.29) is 0 Å². The molecule has 0 aliphatic rings. The Morgan fingerprint density at radius 2 is 1.57 bits per heavy atom. The van der Waals surface area contributed by atoms with Crippen LogP contribution in [0.4, 0.5) is 0 Å². The quantitative estimate of drug-likeness (QED) is 0.695. The molecule has 0 N–H and O–H groups in total. The first-order chi connectivity index (χ1) is 11.2. The fourth-order valence-electron chi connectivity index (χ4n) is 2.25. The summed E-state index contributed by atoms with van der Waals surface area (Å²) in [6.07, 6.45) is 5.79. The average molecular weight is 326 g/mol. The third-order valence-electron chi connectivity index (χ3n) is 3.52. The predicted octanol–water partition coefficient (Wildman–Crippen LogP) is 3.50. The van der Waals surface area contributed by atoms with Gasteiger partial charge in [-0.3, -0.25) is 0 Å². The van der Waals surface area contributed by atoms with Crippen molar-refractivity contribution in [2.75, 3.05) is 20.8 Å². The van der Waals surface area contributed by atoms with Gasteiger partial charge in [0.25, 0.3) is 0 Å². The number of hydrogen-bond acceptors (Lipinski definition) is 3. The molecule has 0 amide bonds. The highest BCUT2D eigenvalue weighted by Gasteiger charge is 2.41. The van der Waals surface area contributed by atoms with Crippen molar-refractivity contribution in [1.82, 2.24) is 0 Å². The van der Waals surface area contributed by atoms with Crippen molar-refractivity contribution >= 4 is 26.1 Å². The minimum atomic E-state index is -2.88. The third-order valence-corrected chi connectivity index (χ3v) is 6.18. The second-order valence-corrected chi connectivity index (χ2v) is 7.71. The van der Waals surface area contributed by atoms with Crippen LogP contribution in [0.3, 0.4) is 0 Å². The standard InChI is InChI=1S/C19H22O3Si/c1-4-17-12-14-19(15-13-17)23(20-2,21-3)22-16-8-11-18-9-6-5-7-10-18/h4-15H,1,16H2,2-3H3. The largest absolute Gasteiger partial charge is 0.536 e. The Balaban J connectivity index is 2.07. The van der Waals surface area contributed by atoms with Crippen molar-refractivity contribution in [3.63, 3.8) is 0 Å². The third kappa shape index (κ3) is 4.50. The van der Waals surface area contributed by atoms with Gasteiger partial charge in [0.15, 0.2) is 0 Å². The fraction of sp³-hybridized carbons (Fsp3) is 0.158. The Hall–Kier alpha value is -1.98. The van der Waals surface area contributed by atoms with Crippen LogP contribution in [0.15, 0.2) is 67.3 Å². The molecule has 2 rings (SSSR count). The smallest absolute Gasteiger partial charge is 0.373 e. The van der Waals surface area contributed by atoms with E-state index in [1.165, 1.54) is 0 Å². The minimum Gasteiger partial charge on any atom is -0.373 e. The molecule has 4 heteroatoms. The molecule has 23 heavy (non-hydrogen) atoms. The van der Waals surface area contributed by atoms with Crippen molar-refractivity contribution < 1.29 is 13.3 Å². The first-order valence-corrected chi connectivity index (χ1v) is 9.15. The molecule has 0 aliphatic heterocycles. The first kappa shape index (κ1) is 17.4. The molecule has 2 aromatic rings. The summed E-state index contributed by atoms with van der Waals surface area (Å²) in [4.78, 5) is 0. The maximum atomic E-state index is 5.99. The van der Waals surface area contributed by atoms with Gasteiger partial charge in [0.2, 0.25) is 0 Å². The minimum absolute atomic E-state index is 0.423. The number of hydrogen-bond donors (Lipinski definition) is 0. The van der Waals surface area contributed by atoms with Crippen molar-refractivity contribution in [3.05, 3.63) is 78.4 Å². The second-order valence-electron chi connectivity index (χ2n) is 4.91. The number of benzene rings is 2. The van der Waals surface area contributed by atoms with Gasteiger partial charge in [-0.2, -0.15) is 0 Å². The Labute approximate surface area is 139 Å². The van der Waals surface area contributed by atoms with E-state index in [9.17, 15) is 0 Å². The zero-order valence-electron chi connectivity index (χ0n) is 13.6. The van der Waals surface area contributed by atoms with E-state index in [0.717, 1.165) is 16.3 Å². The van der Waals surface area contributed by atoms with Gasteiger partial charge in [-0.05, 0) is 11.1 Å². The summed E-state index contributed by atoms with van der Waals surface area (Å²) in [5.74, 6) is 0. The van der Waals surface area contributed by atoms with Gasteiger partial charge in [0, 0.05) is 19.4 Å². The lowest BCUT2D eigenvalue weighted by molar-refractivity contribution is 0.126. The fourth-order valence-corrected chi connectivity index (χ4v) is 4.18. The Morgan fingerprint density at radius 1 is 0.913 bits per heavy atom. The highest BCUT2D eigenvalue weighted by Crippen LogP contribution is 2.11. The van der Waals surface area contributed by atoms with E-state index < -0.39 is 8.80 Å². The van der Waals surface area contributed by atoms with E-state index >= 15 is 0 Å². The normalized spacial score (nSPS) is 11.7. The van der Waals surface area contributed by atoms with Crippen LogP contribution < -0.4 is 5.19 Å². The van der Waals surface area contributed by atoms with Gasteiger partial charge in [0.05, 0.1) is 6.61 Å². The Kier molecular flexibility index (Phi) is 6.49. The second kappa shape index (κ2) is 8.60. The molecule has 0 aromatic heterocycles. The lowest BCUT2D eigenvalue weighted by atomic mass is 10.2. The van der Waals surface area contributed by atoms with Crippen LogP contribution in [-0.2, 0) is 13.3 Å². The van der Waals surface area contributed by atoms with Crippen LogP contribution in [0.25, 0.3) is 12.2 Å². The van der Waals surface area contributed by atoms with Gasteiger partial charge < -0.3 is 13.3 Å². The maximum Gasteiger partial charge on any atom is 0.536 e. The zero-order chi connectivity index (χ0) is 16.5. The molecule has 0 heterocycles. The van der Waals surface area contributed by atoms with Crippen molar-refractivity contribution in [2.45, 2.75) is 0 Å². The predicted molar refractivity (Wildman–Crippen MR) is 97.4 cm³/mol. The lowest BCUT2D eigenvalue weighted by Crippen LogP contribution is -2.55. The van der Waals surface area contributed by atoms with E-state index in [4.69, 9.17) is 13.3 Å². The molecule has 0 bridgehead atoms. The van der Waals surface area contributed by atoms with E-state index in [1.54, 1.807) is 20.3 Å². The molecular formula is C19H22O3Si. The molecule has 0 spiro atoms. The highest BCUT2D eigenvalue weighted by molar-refractivity contribution is 6.75. The van der Waals surface area contributed by atoms with Crippen LogP contribution in [-0.4, -0.2) is 29.6 Å². The molecule has 0 saturated heterocycles. The molecule has 0 unspecified atom stereocenters. The van der Waals surface area contributed by atoms with Crippen molar-refractivity contribution in [1.29, 1.82) is 0 Å². The summed E-state index contributed by atoms with van der Waals surface area (Å²) >= 11 is 0. The van der Waals surface area contributed by atoms with Crippen molar-refractivity contribution in [2.24, 2.45) is 0 Å². The summed E-state index contributed by atoms with van der Waals surface area (Å²) < 4.78 is 17.3. The van der Waals surface area contributed by atoms with Crippen LogP contribution in [0.1, 0.15) is 11.1 Å². The summed E-state index contributed by atoms with van der Waals surface area (Å²) in [7, 11) is 0.367. The number of rotatable bonds is 8. The monoisotopic (exact) mass is 326 g/mol. The topological polar surface area (TPSA) is 27.7 Å². The Morgan fingerprint density at radius 3 is 2.13 bits per heavy atom. The summed E-state index contributed by atoms with van der Waals surface area (Å²) in [6.45, 7) is 4.18. The average Bonchev–Trinajstić information content (AvgIpc) is 2.63. The molecule has 0 fully saturated rings. The SMILES string of the molecule is C=Cc1ccc([Si](OC)(OC)OCC=Cc2ccccc2)cc1. The summed E-state index contributed by atoms with van der Waals surface area (Å²) in [5, 5.41) is 0.932. The van der Waals surface area contributed by atoms with Gasteiger partial charge in [-0.25, -0.2) is 0 Å². The van der Waals surface area contributed by atoms with Crippen molar-refractivity contribution in [3.8, 4) is 0 Å².